The molecule has 0 aliphatic rings. The predicted molar refractivity (Wildman–Crippen MR) is 72.9 cm³/mol. The summed E-state index contributed by atoms with van der Waals surface area (Å²) >= 11 is 0. The molecular formula is C13H29N3O. The van der Waals surface area contributed by atoms with E-state index in [2.05, 4.69) is 31.1 Å². The van der Waals surface area contributed by atoms with Crippen LogP contribution in [0.25, 0.3) is 0 Å². The lowest BCUT2D eigenvalue weighted by Gasteiger charge is -2.23. The molecule has 0 heterocycles. The molecule has 2 unspecified atom stereocenters. The quantitative estimate of drug-likeness (QED) is 0.643. The maximum atomic E-state index is 11.5. The lowest BCUT2D eigenvalue weighted by atomic mass is 10.1. The van der Waals surface area contributed by atoms with Crippen molar-refractivity contribution in [2.45, 2.75) is 58.5 Å². The molecule has 4 heteroatoms. The second-order valence-electron chi connectivity index (χ2n) is 4.96. The molecule has 2 atom stereocenters. The van der Waals surface area contributed by atoms with Gasteiger partial charge in [0.2, 0.25) is 5.91 Å². The number of carbonyl (C=O) groups is 1. The summed E-state index contributed by atoms with van der Waals surface area (Å²) in [6.07, 6.45) is 3.53. The minimum Gasteiger partial charge on any atom is -0.355 e. The molecule has 102 valence electrons. The number of rotatable bonds is 9. The van der Waals surface area contributed by atoms with E-state index in [1.54, 1.807) is 0 Å². The molecule has 0 aromatic carbocycles. The van der Waals surface area contributed by atoms with Crippen molar-refractivity contribution in [2.24, 2.45) is 5.73 Å². The number of amides is 1. The number of likely N-dealkylation sites (N-methyl/N-ethyl adjacent to an activating group) is 1. The van der Waals surface area contributed by atoms with Crippen molar-refractivity contribution < 1.29 is 4.79 Å². The van der Waals surface area contributed by atoms with E-state index in [1.807, 2.05) is 6.92 Å². The molecule has 4 nitrogen and oxygen atoms in total. The maximum absolute atomic E-state index is 11.5. The second kappa shape index (κ2) is 9.42. The maximum Gasteiger partial charge on any atom is 0.220 e. The van der Waals surface area contributed by atoms with Crippen LogP contribution in [0, 0.1) is 0 Å². The van der Waals surface area contributed by atoms with Gasteiger partial charge in [0, 0.05) is 31.6 Å². The first-order valence-electron chi connectivity index (χ1n) is 6.69. The molecule has 0 fully saturated rings. The highest BCUT2D eigenvalue weighted by Gasteiger charge is 2.07. The van der Waals surface area contributed by atoms with Gasteiger partial charge in [0.1, 0.15) is 0 Å². The molecule has 0 bridgehead atoms. The van der Waals surface area contributed by atoms with E-state index in [0.29, 0.717) is 12.5 Å². The van der Waals surface area contributed by atoms with Gasteiger partial charge in [-0.15, -0.1) is 0 Å². The minimum atomic E-state index is 0.142. The highest BCUT2D eigenvalue weighted by Crippen LogP contribution is 1.99. The molecule has 0 spiro atoms. The van der Waals surface area contributed by atoms with E-state index in [9.17, 15) is 4.79 Å². The van der Waals surface area contributed by atoms with E-state index >= 15 is 0 Å². The Balaban J connectivity index is 3.51. The molecule has 0 aromatic heterocycles. The average molecular weight is 243 g/mol. The van der Waals surface area contributed by atoms with Crippen molar-refractivity contribution in [3.8, 4) is 0 Å². The van der Waals surface area contributed by atoms with Gasteiger partial charge < -0.3 is 16.0 Å². The number of nitrogens with two attached hydrogens (primary N) is 1. The molecule has 0 aliphatic heterocycles. The van der Waals surface area contributed by atoms with Gasteiger partial charge in [-0.3, -0.25) is 4.79 Å². The summed E-state index contributed by atoms with van der Waals surface area (Å²) in [5.74, 6) is 0.142. The van der Waals surface area contributed by atoms with Crippen LogP contribution in [0.5, 0.6) is 0 Å². The molecule has 0 aliphatic carbocycles. The lowest BCUT2D eigenvalue weighted by molar-refractivity contribution is -0.121. The van der Waals surface area contributed by atoms with Gasteiger partial charge in [0.15, 0.2) is 0 Å². The van der Waals surface area contributed by atoms with E-state index in [0.717, 1.165) is 32.4 Å². The Kier molecular flexibility index (Phi) is 9.09. The molecule has 0 saturated carbocycles. The second-order valence-corrected chi connectivity index (χ2v) is 4.96. The van der Waals surface area contributed by atoms with Crippen LogP contribution in [0.4, 0.5) is 0 Å². The Morgan fingerprint density at radius 3 is 2.59 bits per heavy atom. The summed E-state index contributed by atoms with van der Waals surface area (Å²) in [5, 5.41) is 2.94. The van der Waals surface area contributed by atoms with Crippen molar-refractivity contribution in [1.29, 1.82) is 0 Å². The first-order chi connectivity index (χ1) is 7.97. The monoisotopic (exact) mass is 243 g/mol. The van der Waals surface area contributed by atoms with Crippen LogP contribution in [0.2, 0.25) is 0 Å². The standard InChI is InChI=1S/C13H29N3O/c1-5-12(3)16(4)10-9-15-13(17)8-6-7-11(2)14/h11-12H,5-10,14H2,1-4H3,(H,15,17). The summed E-state index contributed by atoms with van der Waals surface area (Å²) in [6, 6.07) is 0.768. The Bertz CT molecular complexity index is 207. The SMILES string of the molecule is CCC(C)N(C)CCNC(=O)CCCC(C)N. The molecular weight excluding hydrogens is 214 g/mol. The van der Waals surface area contributed by atoms with Crippen LogP contribution in [-0.2, 0) is 4.79 Å². The van der Waals surface area contributed by atoms with Gasteiger partial charge in [-0.1, -0.05) is 6.92 Å². The van der Waals surface area contributed by atoms with Crippen LogP contribution in [0.3, 0.4) is 0 Å². The van der Waals surface area contributed by atoms with Gasteiger partial charge >= 0.3 is 0 Å². The smallest absolute Gasteiger partial charge is 0.220 e. The Morgan fingerprint density at radius 2 is 2.06 bits per heavy atom. The molecule has 17 heavy (non-hydrogen) atoms. The third kappa shape index (κ3) is 9.12. The van der Waals surface area contributed by atoms with Crippen LogP contribution in [-0.4, -0.2) is 43.0 Å². The number of carbonyl (C=O) groups excluding carboxylic acids is 1. The topological polar surface area (TPSA) is 58.4 Å². The van der Waals surface area contributed by atoms with Crippen molar-refractivity contribution in [3.63, 3.8) is 0 Å². The predicted octanol–water partition coefficient (Wildman–Crippen LogP) is 1.35. The van der Waals surface area contributed by atoms with Crippen molar-refractivity contribution in [1.82, 2.24) is 10.2 Å². The first-order valence-corrected chi connectivity index (χ1v) is 6.69. The van der Waals surface area contributed by atoms with E-state index in [4.69, 9.17) is 5.73 Å². The van der Waals surface area contributed by atoms with Crippen molar-refractivity contribution >= 4 is 5.91 Å². The molecule has 0 saturated heterocycles. The summed E-state index contributed by atoms with van der Waals surface area (Å²) in [5.41, 5.74) is 5.63. The van der Waals surface area contributed by atoms with E-state index in [-0.39, 0.29) is 11.9 Å². The molecule has 0 aromatic rings. The third-order valence-corrected chi connectivity index (χ3v) is 3.19. The number of hydrogen-bond acceptors (Lipinski definition) is 3. The summed E-state index contributed by atoms with van der Waals surface area (Å²) in [6.45, 7) is 7.99. The fourth-order valence-corrected chi connectivity index (χ4v) is 1.58. The van der Waals surface area contributed by atoms with Crippen molar-refractivity contribution in [3.05, 3.63) is 0 Å². The van der Waals surface area contributed by atoms with Crippen LogP contribution in [0.1, 0.15) is 46.5 Å². The van der Waals surface area contributed by atoms with E-state index in [1.165, 1.54) is 0 Å². The van der Waals surface area contributed by atoms with Gasteiger partial charge in [-0.2, -0.15) is 0 Å². The summed E-state index contributed by atoms with van der Waals surface area (Å²) in [4.78, 5) is 13.7. The Labute approximate surface area is 106 Å². The normalized spacial score (nSPS) is 14.7. The fraction of sp³-hybridized carbons (Fsp3) is 0.923. The zero-order valence-electron chi connectivity index (χ0n) is 11.8. The highest BCUT2D eigenvalue weighted by molar-refractivity contribution is 5.75. The summed E-state index contributed by atoms with van der Waals surface area (Å²) < 4.78 is 0. The average Bonchev–Trinajstić information content (AvgIpc) is 2.27. The van der Waals surface area contributed by atoms with Crippen LogP contribution < -0.4 is 11.1 Å². The van der Waals surface area contributed by atoms with Gasteiger partial charge in [0.05, 0.1) is 0 Å². The molecule has 1 amide bonds. The number of nitrogens with one attached hydrogen (secondary N) is 1. The van der Waals surface area contributed by atoms with Crippen LogP contribution >= 0.6 is 0 Å². The minimum absolute atomic E-state index is 0.142. The Hall–Kier alpha value is -0.610. The highest BCUT2D eigenvalue weighted by atomic mass is 16.1. The fourth-order valence-electron chi connectivity index (χ4n) is 1.58. The van der Waals surface area contributed by atoms with Gasteiger partial charge in [-0.25, -0.2) is 0 Å². The first kappa shape index (κ1) is 16.4. The number of hydrogen-bond donors (Lipinski definition) is 2. The van der Waals surface area contributed by atoms with Crippen molar-refractivity contribution in [2.75, 3.05) is 20.1 Å². The molecule has 3 N–H and O–H groups in total. The zero-order chi connectivity index (χ0) is 13.3. The molecule has 0 rings (SSSR count). The van der Waals surface area contributed by atoms with Gasteiger partial charge in [0.25, 0.3) is 0 Å². The van der Waals surface area contributed by atoms with Crippen LogP contribution in [0.15, 0.2) is 0 Å². The summed E-state index contributed by atoms with van der Waals surface area (Å²) in [7, 11) is 2.09. The van der Waals surface area contributed by atoms with Gasteiger partial charge in [-0.05, 0) is 40.2 Å². The molecule has 0 radical (unpaired) electrons. The largest absolute Gasteiger partial charge is 0.355 e. The van der Waals surface area contributed by atoms with E-state index < -0.39 is 0 Å². The zero-order valence-corrected chi connectivity index (χ0v) is 11.8. The lowest BCUT2D eigenvalue weighted by Crippen LogP contribution is -2.37. The third-order valence-electron chi connectivity index (χ3n) is 3.19. The number of nitrogens with zero attached hydrogens (tertiary/aromatic N) is 1. The Morgan fingerprint density at radius 1 is 1.41 bits per heavy atom.